The van der Waals surface area contributed by atoms with Gasteiger partial charge in [-0.15, -0.1) is 0 Å². The fourth-order valence-corrected chi connectivity index (χ4v) is 3.04. The van der Waals surface area contributed by atoms with Crippen molar-refractivity contribution < 1.29 is 14.3 Å². The lowest BCUT2D eigenvalue weighted by Gasteiger charge is -2.08. The Morgan fingerprint density at radius 1 is 0.633 bits per heavy atom. The summed E-state index contributed by atoms with van der Waals surface area (Å²) in [6, 6.07) is 29.2. The summed E-state index contributed by atoms with van der Waals surface area (Å²) in [6.07, 6.45) is 0. The van der Waals surface area contributed by atoms with E-state index >= 15 is 0 Å². The highest BCUT2D eigenvalue weighted by molar-refractivity contribution is 6.09. The third-order valence-electron chi connectivity index (χ3n) is 4.55. The number of hydrogen-bond donors (Lipinski definition) is 1. The molecule has 0 radical (unpaired) electrons. The van der Waals surface area contributed by atoms with Gasteiger partial charge in [0.15, 0.2) is 5.78 Å². The van der Waals surface area contributed by atoms with E-state index in [-0.39, 0.29) is 5.78 Å². The van der Waals surface area contributed by atoms with Crippen LogP contribution < -0.4 is 15.2 Å². The normalized spacial score (nSPS) is 10.4. The van der Waals surface area contributed by atoms with Crippen LogP contribution in [0.1, 0.15) is 21.5 Å². The molecule has 0 fully saturated rings. The Balaban J connectivity index is 1.43. The molecule has 4 nitrogen and oxygen atoms in total. The Labute approximate surface area is 175 Å². The Morgan fingerprint density at radius 3 is 1.63 bits per heavy atom. The number of rotatable bonds is 6. The second kappa shape index (κ2) is 8.53. The first-order valence-electron chi connectivity index (χ1n) is 9.59. The summed E-state index contributed by atoms with van der Waals surface area (Å²) in [5, 5.41) is 0. The number of ether oxygens (including phenoxy) is 2. The van der Waals surface area contributed by atoms with Gasteiger partial charge in [-0.3, -0.25) is 4.79 Å². The number of benzene rings is 4. The molecule has 0 saturated heterocycles. The highest BCUT2D eigenvalue weighted by Gasteiger charge is 2.10. The molecule has 0 aliphatic carbocycles. The van der Waals surface area contributed by atoms with Crippen LogP contribution in [0, 0.1) is 6.92 Å². The van der Waals surface area contributed by atoms with Crippen molar-refractivity contribution in [3.05, 3.63) is 114 Å². The fourth-order valence-electron chi connectivity index (χ4n) is 3.04. The Bertz CT molecular complexity index is 1070. The highest BCUT2D eigenvalue weighted by Crippen LogP contribution is 2.25. The Morgan fingerprint density at radius 2 is 1.13 bits per heavy atom. The minimum Gasteiger partial charge on any atom is -0.457 e. The van der Waals surface area contributed by atoms with Crippen molar-refractivity contribution in [2.24, 2.45) is 0 Å². The van der Waals surface area contributed by atoms with Gasteiger partial charge in [-0.05, 0) is 85.3 Å². The molecule has 2 N–H and O–H groups in total. The van der Waals surface area contributed by atoms with Crippen molar-refractivity contribution >= 4 is 11.5 Å². The summed E-state index contributed by atoms with van der Waals surface area (Å²) in [6.45, 7) is 2.01. The summed E-state index contributed by atoms with van der Waals surface area (Å²) >= 11 is 0. The second-order valence-corrected chi connectivity index (χ2v) is 6.97. The predicted octanol–water partition coefficient (Wildman–Crippen LogP) is 6.39. The van der Waals surface area contributed by atoms with Crippen LogP contribution in [0.2, 0.25) is 0 Å². The molecule has 30 heavy (non-hydrogen) atoms. The third kappa shape index (κ3) is 4.67. The molecule has 0 aliphatic rings. The number of nitrogens with two attached hydrogens (primary N) is 1. The molecule has 4 rings (SSSR count). The molecule has 4 heteroatoms. The maximum absolute atomic E-state index is 12.8. The van der Waals surface area contributed by atoms with Gasteiger partial charge in [0.1, 0.15) is 23.0 Å². The standard InChI is InChI=1S/C26H21NO3/c1-18-4-2-6-24(16-18)29-22-12-8-19(9-13-22)26(28)20-10-14-23(15-11-20)30-25-7-3-5-21(27)17-25/h2-17H,27H2,1H3. The zero-order valence-electron chi connectivity index (χ0n) is 16.5. The Hall–Kier alpha value is -4.05. The monoisotopic (exact) mass is 395 g/mol. The molecule has 4 aromatic carbocycles. The van der Waals surface area contributed by atoms with Crippen molar-refractivity contribution in [3.63, 3.8) is 0 Å². The van der Waals surface area contributed by atoms with Crippen LogP contribution in [0.15, 0.2) is 97.1 Å². The molecule has 0 saturated carbocycles. The van der Waals surface area contributed by atoms with E-state index in [9.17, 15) is 4.79 Å². The van der Waals surface area contributed by atoms with Crippen molar-refractivity contribution in [2.45, 2.75) is 6.92 Å². The summed E-state index contributed by atoms with van der Waals surface area (Å²) in [5.41, 5.74) is 8.71. The number of aryl methyl sites for hydroxylation is 1. The molecule has 148 valence electrons. The van der Waals surface area contributed by atoms with E-state index in [1.807, 2.05) is 43.3 Å². The minimum atomic E-state index is -0.0624. The zero-order chi connectivity index (χ0) is 20.9. The van der Waals surface area contributed by atoms with Gasteiger partial charge in [0.25, 0.3) is 0 Å². The van der Waals surface area contributed by atoms with E-state index in [1.54, 1.807) is 60.7 Å². The summed E-state index contributed by atoms with van der Waals surface area (Å²) < 4.78 is 11.6. The molecule has 0 spiro atoms. The molecule has 0 unspecified atom stereocenters. The SMILES string of the molecule is Cc1cccc(Oc2ccc(C(=O)c3ccc(Oc4cccc(N)c4)cc3)cc2)c1. The summed E-state index contributed by atoms with van der Waals surface area (Å²) in [5.74, 6) is 2.68. The van der Waals surface area contributed by atoms with Gasteiger partial charge < -0.3 is 15.2 Å². The molecule has 0 atom stereocenters. The van der Waals surface area contributed by atoms with E-state index in [4.69, 9.17) is 15.2 Å². The smallest absolute Gasteiger partial charge is 0.193 e. The van der Waals surface area contributed by atoms with Crippen LogP contribution in [0.25, 0.3) is 0 Å². The van der Waals surface area contributed by atoms with Crippen LogP contribution in [0.5, 0.6) is 23.0 Å². The summed E-state index contributed by atoms with van der Waals surface area (Å²) in [7, 11) is 0. The minimum absolute atomic E-state index is 0.0624. The average Bonchev–Trinajstić information content (AvgIpc) is 2.74. The lowest BCUT2D eigenvalue weighted by atomic mass is 10.0. The quantitative estimate of drug-likeness (QED) is 0.303. The number of ketones is 1. The molecular formula is C26H21NO3. The maximum Gasteiger partial charge on any atom is 0.193 e. The second-order valence-electron chi connectivity index (χ2n) is 6.97. The van der Waals surface area contributed by atoms with E-state index < -0.39 is 0 Å². The molecule has 4 aromatic rings. The molecule has 0 aromatic heterocycles. The first kappa shape index (κ1) is 19.3. The van der Waals surface area contributed by atoms with Crippen LogP contribution in [-0.4, -0.2) is 5.78 Å². The summed E-state index contributed by atoms with van der Waals surface area (Å²) in [4.78, 5) is 12.8. The van der Waals surface area contributed by atoms with Gasteiger partial charge in [0.05, 0.1) is 0 Å². The van der Waals surface area contributed by atoms with Crippen molar-refractivity contribution in [1.82, 2.24) is 0 Å². The highest BCUT2D eigenvalue weighted by atomic mass is 16.5. The maximum atomic E-state index is 12.8. The number of carbonyl (C=O) groups excluding carboxylic acids is 1. The van der Waals surface area contributed by atoms with E-state index in [1.165, 1.54) is 0 Å². The molecule has 0 bridgehead atoms. The van der Waals surface area contributed by atoms with Crippen LogP contribution in [0.3, 0.4) is 0 Å². The predicted molar refractivity (Wildman–Crippen MR) is 118 cm³/mol. The van der Waals surface area contributed by atoms with Crippen molar-refractivity contribution in [3.8, 4) is 23.0 Å². The fraction of sp³-hybridized carbons (Fsp3) is 0.0385. The number of carbonyl (C=O) groups is 1. The Kier molecular flexibility index (Phi) is 5.48. The lowest BCUT2D eigenvalue weighted by Crippen LogP contribution is -2.01. The van der Waals surface area contributed by atoms with Gasteiger partial charge in [-0.25, -0.2) is 0 Å². The first-order chi connectivity index (χ1) is 14.6. The van der Waals surface area contributed by atoms with Gasteiger partial charge in [0, 0.05) is 22.9 Å². The largest absolute Gasteiger partial charge is 0.457 e. The van der Waals surface area contributed by atoms with Gasteiger partial charge in [-0.2, -0.15) is 0 Å². The van der Waals surface area contributed by atoms with E-state index in [0.29, 0.717) is 34.1 Å². The van der Waals surface area contributed by atoms with Crippen molar-refractivity contribution in [2.75, 3.05) is 5.73 Å². The third-order valence-corrected chi connectivity index (χ3v) is 4.55. The van der Waals surface area contributed by atoms with Gasteiger partial charge in [0.2, 0.25) is 0 Å². The number of hydrogen-bond acceptors (Lipinski definition) is 4. The first-order valence-corrected chi connectivity index (χ1v) is 9.59. The number of anilines is 1. The van der Waals surface area contributed by atoms with Crippen LogP contribution >= 0.6 is 0 Å². The molecule has 0 heterocycles. The van der Waals surface area contributed by atoms with Crippen LogP contribution in [-0.2, 0) is 0 Å². The molecule has 0 aliphatic heterocycles. The van der Waals surface area contributed by atoms with E-state index in [2.05, 4.69) is 0 Å². The van der Waals surface area contributed by atoms with Gasteiger partial charge in [-0.1, -0.05) is 18.2 Å². The van der Waals surface area contributed by atoms with Crippen molar-refractivity contribution in [1.29, 1.82) is 0 Å². The van der Waals surface area contributed by atoms with Crippen LogP contribution in [0.4, 0.5) is 5.69 Å². The average molecular weight is 395 g/mol. The van der Waals surface area contributed by atoms with Gasteiger partial charge >= 0.3 is 0 Å². The molecule has 0 amide bonds. The zero-order valence-corrected chi connectivity index (χ0v) is 16.5. The number of nitrogen functional groups attached to an aromatic ring is 1. The molecular weight excluding hydrogens is 374 g/mol. The topological polar surface area (TPSA) is 61.5 Å². The van der Waals surface area contributed by atoms with E-state index in [0.717, 1.165) is 11.3 Å². The lowest BCUT2D eigenvalue weighted by molar-refractivity contribution is 0.103.